The molecule has 0 aliphatic carbocycles. The Morgan fingerprint density at radius 3 is 2.36 bits per heavy atom. The maximum atomic E-state index is 13.7. The van der Waals surface area contributed by atoms with E-state index in [4.69, 9.17) is 4.74 Å². The number of ether oxygens (including phenoxy) is 1. The van der Waals surface area contributed by atoms with E-state index in [9.17, 15) is 26.0 Å². The third kappa shape index (κ3) is 4.45. The van der Waals surface area contributed by atoms with E-state index in [1.54, 1.807) is 0 Å². The van der Waals surface area contributed by atoms with E-state index in [1.807, 2.05) is 0 Å². The Bertz CT molecular complexity index is 852. The van der Waals surface area contributed by atoms with Crippen molar-refractivity contribution in [3.8, 4) is 5.75 Å². The van der Waals surface area contributed by atoms with Crippen LogP contribution < -0.4 is 9.46 Å². The predicted molar refractivity (Wildman–Crippen MR) is 80.9 cm³/mol. The number of nitrogens with zero attached hydrogens (tertiary/aromatic N) is 1. The van der Waals surface area contributed by atoms with Crippen LogP contribution in [0.15, 0.2) is 41.6 Å². The first-order chi connectivity index (χ1) is 11.5. The number of sulfonamides is 1. The summed E-state index contributed by atoms with van der Waals surface area (Å²) in [5.41, 5.74) is -0.745. The fourth-order valence-electron chi connectivity index (χ4n) is 2.02. The zero-order chi connectivity index (χ0) is 18.8. The SMILES string of the molecule is COc1ccc(C(C)NS(=O)(=O)c2ccc(C(F)(F)F)cn2)cc1F. The quantitative estimate of drug-likeness (QED) is 0.811. The summed E-state index contributed by atoms with van der Waals surface area (Å²) in [5, 5.41) is -0.568. The van der Waals surface area contributed by atoms with Gasteiger partial charge in [-0.2, -0.15) is 13.2 Å². The molecular weight excluding hydrogens is 364 g/mol. The molecule has 0 aliphatic heterocycles. The normalized spacial score (nSPS) is 13.5. The van der Waals surface area contributed by atoms with Gasteiger partial charge in [-0.3, -0.25) is 0 Å². The summed E-state index contributed by atoms with van der Waals surface area (Å²) in [4.78, 5) is 3.34. The van der Waals surface area contributed by atoms with Crippen LogP contribution in [0.1, 0.15) is 24.1 Å². The molecule has 2 rings (SSSR count). The highest BCUT2D eigenvalue weighted by Crippen LogP contribution is 2.29. The van der Waals surface area contributed by atoms with E-state index in [2.05, 4.69) is 9.71 Å². The van der Waals surface area contributed by atoms with Gasteiger partial charge in [-0.25, -0.2) is 22.5 Å². The zero-order valence-electron chi connectivity index (χ0n) is 13.1. The summed E-state index contributed by atoms with van der Waals surface area (Å²) < 4.78 is 82.6. The van der Waals surface area contributed by atoms with Crippen LogP contribution in [-0.4, -0.2) is 20.5 Å². The number of methoxy groups -OCH3 is 1. The molecule has 0 bridgehead atoms. The summed E-state index contributed by atoms with van der Waals surface area (Å²) in [6, 6.07) is 4.45. The minimum Gasteiger partial charge on any atom is -0.494 e. The van der Waals surface area contributed by atoms with Crippen molar-refractivity contribution in [2.75, 3.05) is 7.11 Å². The second kappa shape index (κ2) is 6.96. The van der Waals surface area contributed by atoms with Gasteiger partial charge < -0.3 is 4.74 Å². The summed E-state index contributed by atoms with van der Waals surface area (Å²) in [6.45, 7) is 1.46. The fourth-order valence-corrected chi connectivity index (χ4v) is 3.18. The summed E-state index contributed by atoms with van der Waals surface area (Å²) in [7, 11) is -2.89. The molecule has 0 radical (unpaired) electrons. The van der Waals surface area contributed by atoms with Crippen LogP contribution in [0, 0.1) is 5.82 Å². The molecule has 136 valence electrons. The highest BCUT2D eigenvalue weighted by molar-refractivity contribution is 7.89. The molecule has 10 heteroatoms. The van der Waals surface area contributed by atoms with Gasteiger partial charge >= 0.3 is 6.18 Å². The first-order valence-corrected chi connectivity index (χ1v) is 8.42. The Kier molecular flexibility index (Phi) is 5.33. The monoisotopic (exact) mass is 378 g/mol. The zero-order valence-corrected chi connectivity index (χ0v) is 14.0. The van der Waals surface area contributed by atoms with Gasteiger partial charge in [0.2, 0.25) is 0 Å². The molecule has 1 aromatic carbocycles. The molecule has 1 unspecified atom stereocenters. The maximum Gasteiger partial charge on any atom is 0.417 e. The van der Waals surface area contributed by atoms with Gasteiger partial charge in [-0.15, -0.1) is 0 Å². The standard InChI is InChI=1S/C15H14F4N2O3S/c1-9(10-3-5-13(24-2)12(16)7-10)21-25(22,23)14-6-4-11(8-20-14)15(17,18)19/h3-9,21H,1-2H3. The second-order valence-corrected chi connectivity index (χ2v) is 6.78. The summed E-state index contributed by atoms with van der Waals surface area (Å²) in [5.74, 6) is -0.665. The lowest BCUT2D eigenvalue weighted by Gasteiger charge is -2.15. The van der Waals surface area contributed by atoms with Crippen molar-refractivity contribution in [2.24, 2.45) is 0 Å². The number of aromatic nitrogens is 1. The molecule has 25 heavy (non-hydrogen) atoms. The number of hydrogen-bond donors (Lipinski definition) is 1. The van der Waals surface area contributed by atoms with Crippen LogP contribution in [0.25, 0.3) is 0 Å². The first kappa shape index (κ1) is 19.1. The van der Waals surface area contributed by atoms with Crippen molar-refractivity contribution in [3.05, 3.63) is 53.5 Å². The average molecular weight is 378 g/mol. The number of halogens is 4. The molecule has 1 heterocycles. The lowest BCUT2D eigenvalue weighted by molar-refractivity contribution is -0.137. The topological polar surface area (TPSA) is 68.3 Å². The largest absolute Gasteiger partial charge is 0.494 e. The number of hydrogen-bond acceptors (Lipinski definition) is 4. The molecule has 0 amide bonds. The van der Waals surface area contributed by atoms with Crippen molar-refractivity contribution in [3.63, 3.8) is 0 Å². The molecule has 0 saturated carbocycles. The number of benzene rings is 1. The van der Waals surface area contributed by atoms with Crippen molar-refractivity contribution in [2.45, 2.75) is 24.2 Å². The van der Waals surface area contributed by atoms with Gasteiger partial charge in [0, 0.05) is 12.2 Å². The molecule has 5 nitrogen and oxygen atoms in total. The minimum atomic E-state index is -4.61. The first-order valence-electron chi connectivity index (χ1n) is 6.93. The highest BCUT2D eigenvalue weighted by Gasteiger charge is 2.31. The summed E-state index contributed by atoms with van der Waals surface area (Å²) >= 11 is 0. The van der Waals surface area contributed by atoms with Gasteiger partial charge in [0.1, 0.15) is 0 Å². The highest BCUT2D eigenvalue weighted by atomic mass is 32.2. The Morgan fingerprint density at radius 2 is 1.88 bits per heavy atom. The molecule has 0 saturated heterocycles. The van der Waals surface area contributed by atoms with Crippen molar-refractivity contribution >= 4 is 10.0 Å². The Morgan fingerprint density at radius 1 is 1.20 bits per heavy atom. The third-order valence-corrected chi connectivity index (χ3v) is 4.80. The predicted octanol–water partition coefficient (Wildman–Crippen LogP) is 3.29. The van der Waals surface area contributed by atoms with Crippen LogP contribution in [-0.2, 0) is 16.2 Å². The molecular formula is C15H14F4N2O3S. The van der Waals surface area contributed by atoms with Gasteiger partial charge in [0.25, 0.3) is 10.0 Å². The van der Waals surface area contributed by atoms with Gasteiger partial charge in [0.05, 0.1) is 12.7 Å². The molecule has 0 fully saturated rings. The maximum absolute atomic E-state index is 13.7. The number of nitrogens with one attached hydrogen (secondary N) is 1. The van der Waals surface area contributed by atoms with Gasteiger partial charge in [-0.05, 0) is 36.8 Å². The molecule has 2 aromatic rings. The Balaban J connectivity index is 2.21. The lowest BCUT2D eigenvalue weighted by Crippen LogP contribution is -2.27. The van der Waals surface area contributed by atoms with E-state index in [1.165, 1.54) is 26.2 Å². The van der Waals surface area contributed by atoms with Crippen LogP contribution in [0.5, 0.6) is 5.75 Å². The van der Waals surface area contributed by atoms with Crippen LogP contribution in [0.3, 0.4) is 0 Å². The van der Waals surface area contributed by atoms with Gasteiger partial charge in [0.15, 0.2) is 16.6 Å². The fraction of sp³-hybridized carbons (Fsp3) is 0.267. The van der Waals surface area contributed by atoms with Gasteiger partial charge in [-0.1, -0.05) is 6.07 Å². The van der Waals surface area contributed by atoms with Crippen molar-refractivity contribution in [1.82, 2.24) is 9.71 Å². The molecule has 1 aromatic heterocycles. The van der Waals surface area contributed by atoms with E-state index >= 15 is 0 Å². The molecule has 0 spiro atoms. The van der Waals surface area contributed by atoms with E-state index in [0.717, 1.165) is 12.1 Å². The number of alkyl halides is 3. The van der Waals surface area contributed by atoms with Crippen LogP contribution in [0.2, 0.25) is 0 Å². The number of rotatable bonds is 5. The number of pyridine rings is 1. The molecule has 1 atom stereocenters. The third-order valence-electron chi connectivity index (χ3n) is 3.35. The van der Waals surface area contributed by atoms with Crippen LogP contribution >= 0.6 is 0 Å². The molecule has 1 N–H and O–H groups in total. The van der Waals surface area contributed by atoms with Crippen molar-refractivity contribution < 1.29 is 30.7 Å². The Hall–Kier alpha value is -2.20. The Labute approximate surface area is 141 Å². The van der Waals surface area contributed by atoms with E-state index < -0.39 is 38.6 Å². The average Bonchev–Trinajstić information content (AvgIpc) is 2.53. The van der Waals surface area contributed by atoms with Crippen LogP contribution in [0.4, 0.5) is 17.6 Å². The van der Waals surface area contributed by atoms with Crippen molar-refractivity contribution in [1.29, 1.82) is 0 Å². The van der Waals surface area contributed by atoms with E-state index in [-0.39, 0.29) is 5.75 Å². The van der Waals surface area contributed by atoms with E-state index in [0.29, 0.717) is 17.8 Å². The smallest absolute Gasteiger partial charge is 0.417 e. The summed E-state index contributed by atoms with van der Waals surface area (Å²) in [6.07, 6.45) is -4.18. The second-order valence-electron chi connectivity index (χ2n) is 5.12. The lowest BCUT2D eigenvalue weighted by atomic mass is 10.1. The molecule has 0 aliphatic rings. The minimum absolute atomic E-state index is 0.00298.